The predicted molar refractivity (Wildman–Crippen MR) is 70.5 cm³/mol. The van der Waals surface area contributed by atoms with E-state index >= 15 is 0 Å². The third-order valence-electron chi connectivity index (χ3n) is 2.70. The zero-order valence-electron chi connectivity index (χ0n) is 10.6. The third-order valence-corrected chi connectivity index (χ3v) is 2.70. The van der Waals surface area contributed by atoms with Crippen molar-refractivity contribution >= 4 is 0 Å². The van der Waals surface area contributed by atoms with Gasteiger partial charge in [-0.3, -0.25) is 9.97 Å². The van der Waals surface area contributed by atoms with E-state index in [0.29, 0.717) is 11.5 Å². The summed E-state index contributed by atoms with van der Waals surface area (Å²) in [5.74, 6) is 1.39. The molecule has 2 N–H and O–H groups in total. The fourth-order valence-corrected chi connectivity index (χ4v) is 1.53. The first kappa shape index (κ1) is 12.5. The normalized spacial score (nSPS) is 12.2. The highest BCUT2D eigenvalue weighted by molar-refractivity contribution is 5.29. The standard InChI is InChI=1S/C14H17N3O/c1-3-13(15)14-7-6-12(9-17-14)18-11-5-4-10(2)16-8-11/h4-9,13H,3,15H2,1-2H3/t13-/m1/s1. The first-order valence-corrected chi connectivity index (χ1v) is 6.01. The Bertz CT molecular complexity index is 493. The van der Waals surface area contributed by atoms with Gasteiger partial charge in [0.1, 0.15) is 11.5 Å². The number of hydrogen-bond donors (Lipinski definition) is 1. The van der Waals surface area contributed by atoms with Crippen molar-refractivity contribution < 1.29 is 4.74 Å². The number of pyridine rings is 2. The van der Waals surface area contributed by atoms with Crippen LogP contribution in [-0.4, -0.2) is 9.97 Å². The molecule has 0 aliphatic carbocycles. The first-order valence-electron chi connectivity index (χ1n) is 6.01. The highest BCUT2D eigenvalue weighted by Gasteiger charge is 2.05. The Kier molecular flexibility index (Phi) is 3.89. The van der Waals surface area contributed by atoms with Gasteiger partial charge in [0.15, 0.2) is 0 Å². The Morgan fingerprint density at radius 1 is 1.11 bits per heavy atom. The lowest BCUT2D eigenvalue weighted by Crippen LogP contribution is -2.10. The van der Waals surface area contributed by atoms with Gasteiger partial charge in [0.25, 0.3) is 0 Å². The van der Waals surface area contributed by atoms with Crippen molar-refractivity contribution in [2.45, 2.75) is 26.3 Å². The van der Waals surface area contributed by atoms with Crippen LogP contribution in [0, 0.1) is 6.92 Å². The van der Waals surface area contributed by atoms with E-state index in [4.69, 9.17) is 10.5 Å². The Morgan fingerprint density at radius 2 is 1.78 bits per heavy atom. The highest BCUT2D eigenvalue weighted by atomic mass is 16.5. The van der Waals surface area contributed by atoms with Crippen LogP contribution in [0.5, 0.6) is 11.5 Å². The van der Waals surface area contributed by atoms with Crippen molar-refractivity contribution in [1.82, 2.24) is 9.97 Å². The number of nitrogens with two attached hydrogens (primary N) is 1. The van der Waals surface area contributed by atoms with Crippen molar-refractivity contribution in [3.8, 4) is 11.5 Å². The van der Waals surface area contributed by atoms with Gasteiger partial charge in [0.2, 0.25) is 0 Å². The van der Waals surface area contributed by atoms with Gasteiger partial charge in [-0.15, -0.1) is 0 Å². The maximum atomic E-state index is 5.90. The van der Waals surface area contributed by atoms with Gasteiger partial charge >= 0.3 is 0 Å². The summed E-state index contributed by atoms with van der Waals surface area (Å²) < 4.78 is 5.64. The molecule has 4 nitrogen and oxygen atoms in total. The van der Waals surface area contributed by atoms with E-state index in [1.165, 1.54) is 0 Å². The van der Waals surface area contributed by atoms with Crippen LogP contribution in [0.3, 0.4) is 0 Å². The molecule has 0 spiro atoms. The number of aryl methyl sites for hydroxylation is 1. The van der Waals surface area contributed by atoms with E-state index in [1.54, 1.807) is 12.4 Å². The van der Waals surface area contributed by atoms with Gasteiger partial charge in [-0.25, -0.2) is 0 Å². The number of aromatic nitrogens is 2. The molecule has 94 valence electrons. The van der Waals surface area contributed by atoms with Gasteiger partial charge in [-0.2, -0.15) is 0 Å². The molecule has 0 fully saturated rings. The fraction of sp³-hybridized carbons (Fsp3) is 0.286. The monoisotopic (exact) mass is 243 g/mol. The van der Waals surface area contributed by atoms with Crippen LogP contribution < -0.4 is 10.5 Å². The van der Waals surface area contributed by atoms with Gasteiger partial charge in [-0.05, 0) is 37.6 Å². The molecule has 18 heavy (non-hydrogen) atoms. The summed E-state index contributed by atoms with van der Waals surface area (Å²) in [6, 6.07) is 7.54. The highest BCUT2D eigenvalue weighted by Crippen LogP contribution is 2.21. The molecule has 0 aliphatic heterocycles. The van der Waals surface area contributed by atoms with E-state index in [1.807, 2.05) is 38.1 Å². The van der Waals surface area contributed by atoms with E-state index in [2.05, 4.69) is 9.97 Å². The van der Waals surface area contributed by atoms with Crippen LogP contribution in [0.2, 0.25) is 0 Å². The van der Waals surface area contributed by atoms with E-state index in [0.717, 1.165) is 17.8 Å². The second-order valence-electron chi connectivity index (χ2n) is 4.17. The molecule has 0 unspecified atom stereocenters. The number of ether oxygens (including phenoxy) is 1. The van der Waals surface area contributed by atoms with E-state index in [9.17, 15) is 0 Å². The Morgan fingerprint density at radius 3 is 2.28 bits per heavy atom. The number of hydrogen-bond acceptors (Lipinski definition) is 4. The first-order chi connectivity index (χ1) is 8.69. The van der Waals surface area contributed by atoms with Crippen molar-refractivity contribution in [3.63, 3.8) is 0 Å². The quantitative estimate of drug-likeness (QED) is 0.896. The Hall–Kier alpha value is -1.94. The molecule has 0 saturated carbocycles. The summed E-state index contributed by atoms with van der Waals surface area (Å²) >= 11 is 0. The molecule has 0 aliphatic rings. The molecular formula is C14H17N3O. The molecule has 0 amide bonds. The van der Waals surface area contributed by atoms with Crippen LogP contribution in [0.1, 0.15) is 30.8 Å². The molecule has 4 heteroatoms. The summed E-state index contributed by atoms with van der Waals surface area (Å²) in [6.45, 7) is 3.97. The summed E-state index contributed by atoms with van der Waals surface area (Å²) in [7, 11) is 0. The van der Waals surface area contributed by atoms with Crippen LogP contribution in [0.4, 0.5) is 0 Å². The van der Waals surface area contributed by atoms with Gasteiger partial charge in [-0.1, -0.05) is 6.92 Å². The van der Waals surface area contributed by atoms with Crippen LogP contribution in [-0.2, 0) is 0 Å². The van der Waals surface area contributed by atoms with E-state index < -0.39 is 0 Å². The van der Waals surface area contributed by atoms with Gasteiger partial charge in [0.05, 0.1) is 18.1 Å². The fourth-order valence-electron chi connectivity index (χ4n) is 1.53. The molecule has 0 aromatic carbocycles. The minimum atomic E-state index is -0.0138. The molecular weight excluding hydrogens is 226 g/mol. The molecule has 2 aromatic heterocycles. The lowest BCUT2D eigenvalue weighted by molar-refractivity contribution is 0.476. The van der Waals surface area contributed by atoms with Crippen molar-refractivity contribution in [3.05, 3.63) is 48.0 Å². The second kappa shape index (κ2) is 5.60. The SMILES string of the molecule is CC[C@@H](N)c1ccc(Oc2ccc(C)nc2)cn1. The van der Waals surface area contributed by atoms with Crippen molar-refractivity contribution in [1.29, 1.82) is 0 Å². The second-order valence-corrected chi connectivity index (χ2v) is 4.17. The molecule has 2 rings (SSSR count). The van der Waals surface area contributed by atoms with Gasteiger partial charge < -0.3 is 10.5 Å². The average Bonchev–Trinajstić information content (AvgIpc) is 2.41. The van der Waals surface area contributed by atoms with Crippen LogP contribution in [0.15, 0.2) is 36.7 Å². The topological polar surface area (TPSA) is 61.0 Å². The molecule has 0 saturated heterocycles. The zero-order chi connectivity index (χ0) is 13.0. The maximum Gasteiger partial charge on any atom is 0.145 e. The minimum absolute atomic E-state index is 0.0138. The van der Waals surface area contributed by atoms with Crippen molar-refractivity contribution in [2.24, 2.45) is 5.73 Å². The maximum absolute atomic E-state index is 5.90. The molecule has 2 heterocycles. The summed E-state index contributed by atoms with van der Waals surface area (Å²) in [5, 5.41) is 0. The predicted octanol–water partition coefficient (Wildman–Crippen LogP) is 2.99. The van der Waals surface area contributed by atoms with Gasteiger partial charge in [0, 0.05) is 11.7 Å². The zero-order valence-corrected chi connectivity index (χ0v) is 10.6. The lowest BCUT2D eigenvalue weighted by atomic mass is 10.1. The Balaban J connectivity index is 2.08. The number of nitrogens with zero attached hydrogens (tertiary/aromatic N) is 2. The van der Waals surface area contributed by atoms with E-state index in [-0.39, 0.29) is 6.04 Å². The summed E-state index contributed by atoms with van der Waals surface area (Å²) in [6.07, 6.45) is 4.25. The smallest absolute Gasteiger partial charge is 0.145 e. The minimum Gasteiger partial charge on any atom is -0.454 e. The Labute approximate surface area is 107 Å². The molecule has 0 bridgehead atoms. The molecule has 2 aromatic rings. The largest absolute Gasteiger partial charge is 0.454 e. The summed E-state index contributed by atoms with van der Waals surface area (Å²) in [5.41, 5.74) is 7.74. The lowest BCUT2D eigenvalue weighted by Gasteiger charge is -2.09. The average molecular weight is 243 g/mol. The summed E-state index contributed by atoms with van der Waals surface area (Å²) in [4.78, 5) is 8.46. The van der Waals surface area contributed by atoms with Crippen LogP contribution in [0.25, 0.3) is 0 Å². The number of rotatable bonds is 4. The molecule has 1 atom stereocenters. The molecule has 0 radical (unpaired) electrons. The van der Waals surface area contributed by atoms with Crippen LogP contribution >= 0.6 is 0 Å². The van der Waals surface area contributed by atoms with Crippen molar-refractivity contribution in [2.75, 3.05) is 0 Å². The third kappa shape index (κ3) is 3.05.